The Hall–Kier alpha value is -0.910. The van der Waals surface area contributed by atoms with Gasteiger partial charge in [-0.15, -0.1) is 0 Å². The van der Waals surface area contributed by atoms with Crippen LogP contribution in [0.15, 0.2) is 12.4 Å². The zero-order valence-electron chi connectivity index (χ0n) is 13.0. The van der Waals surface area contributed by atoms with Crippen LogP contribution in [0.25, 0.3) is 0 Å². The number of hydrogen-bond donors (Lipinski definition) is 1. The highest BCUT2D eigenvalue weighted by molar-refractivity contribution is 5.13. The quantitative estimate of drug-likeness (QED) is 0.825. The van der Waals surface area contributed by atoms with E-state index in [2.05, 4.69) is 42.4 Å². The Balaban J connectivity index is 2.08. The Bertz CT molecular complexity index is 393. The van der Waals surface area contributed by atoms with Crippen molar-refractivity contribution < 1.29 is 4.74 Å². The van der Waals surface area contributed by atoms with Crippen molar-refractivity contribution >= 4 is 0 Å². The molecule has 1 saturated heterocycles. The van der Waals surface area contributed by atoms with E-state index in [0.717, 1.165) is 45.6 Å². The van der Waals surface area contributed by atoms with Crippen molar-refractivity contribution in [2.24, 2.45) is 0 Å². The van der Waals surface area contributed by atoms with Crippen molar-refractivity contribution in [1.29, 1.82) is 0 Å². The number of morpholine rings is 1. The van der Waals surface area contributed by atoms with Gasteiger partial charge in [0.15, 0.2) is 0 Å². The first-order valence-electron chi connectivity index (χ1n) is 7.80. The summed E-state index contributed by atoms with van der Waals surface area (Å²) in [6.07, 6.45) is 6.59. The van der Waals surface area contributed by atoms with Crippen LogP contribution in [0.2, 0.25) is 0 Å². The van der Waals surface area contributed by atoms with Gasteiger partial charge in [0.1, 0.15) is 0 Å². The van der Waals surface area contributed by atoms with Gasteiger partial charge in [0.05, 0.1) is 24.9 Å². The van der Waals surface area contributed by atoms with Crippen LogP contribution in [0.5, 0.6) is 0 Å². The maximum Gasteiger partial charge on any atom is 0.0897 e. The van der Waals surface area contributed by atoms with E-state index in [0.29, 0.717) is 0 Å². The summed E-state index contributed by atoms with van der Waals surface area (Å²) in [7, 11) is 2.16. The molecule has 0 bridgehead atoms. The molecular formula is C15H28N4O. The maximum absolute atomic E-state index is 5.99. The van der Waals surface area contributed by atoms with Gasteiger partial charge in [0, 0.05) is 31.4 Å². The van der Waals surface area contributed by atoms with Gasteiger partial charge in [-0.05, 0) is 26.4 Å². The van der Waals surface area contributed by atoms with Gasteiger partial charge >= 0.3 is 0 Å². The standard InChI is InChI=1S/C15H28N4O/c1-4-6-16-15(14-12-18(3)8-9-20-14)13-10-17-19(11-13)7-5-2/h10-11,14-16H,4-9,12H2,1-3H3. The molecule has 2 heterocycles. The molecule has 1 fully saturated rings. The van der Waals surface area contributed by atoms with Crippen LogP contribution in [0.3, 0.4) is 0 Å². The van der Waals surface area contributed by atoms with Crippen LogP contribution in [0.1, 0.15) is 38.3 Å². The molecule has 1 aromatic rings. The zero-order valence-corrected chi connectivity index (χ0v) is 13.0. The normalized spacial score (nSPS) is 22.1. The zero-order chi connectivity index (χ0) is 14.4. The summed E-state index contributed by atoms with van der Waals surface area (Å²) >= 11 is 0. The Morgan fingerprint density at radius 1 is 1.45 bits per heavy atom. The van der Waals surface area contributed by atoms with Gasteiger partial charge in [0.25, 0.3) is 0 Å². The largest absolute Gasteiger partial charge is 0.374 e. The molecule has 0 aromatic carbocycles. The smallest absolute Gasteiger partial charge is 0.0897 e. The highest BCUT2D eigenvalue weighted by Gasteiger charge is 2.28. The van der Waals surface area contributed by atoms with E-state index < -0.39 is 0 Å². The second-order valence-electron chi connectivity index (χ2n) is 5.64. The molecule has 114 valence electrons. The molecule has 0 amide bonds. The molecule has 2 rings (SSSR count). The van der Waals surface area contributed by atoms with Gasteiger partial charge in [-0.25, -0.2) is 0 Å². The summed E-state index contributed by atoms with van der Waals surface area (Å²) < 4.78 is 8.02. The number of rotatable bonds is 7. The van der Waals surface area contributed by atoms with Crippen LogP contribution < -0.4 is 5.32 Å². The van der Waals surface area contributed by atoms with Crippen molar-refractivity contribution in [1.82, 2.24) is 20.0 Å². The van der Waals surface area contributed by atoms with Gasteiger partial charge in [-0.3, -0.25) is 4.68 Å². The second kappa shape index (κ2) is 7.76. The van der Waals surface area contributed by atoms with Crippen molar-refractivity contribution in [3.63, 3.8) is 0 Å². The number of aromatic nitrogens is 2. The first kappa shape index (κ1) is 15.5. The number of ether oxygens (including phenoxy) is 1. The molecule has 0 spiro atoms. The van der Waals surface area contributed by atoms with E-state index >= 15 is 0 Å². The Morgan fingerprint density at radius 3 is 3.00 bits per heavy atom. The summed E-state index contributed by atoms with van der Waals surface area (Å²) in [5, 5.41) is 8.08. The number of aryl methyl sites for hydroxylation is 1. The minimum Gasteiger partial charge on any atom is -0.374 e. The number of likely N-dealkylation sites (N-methyl/N-ethyl adjacent to an activating group) is 1. The highest BCUT2D eigenvalue weighted by atomic mass is 16.5. The van der Waals surface area contributed by atoms with Gasteiger partial charge in [-0.2, -0.15) is 5.10 Å². The minimum atomic E-state index is 0.208. The van der Waals surface area contributed by atoms with E-state index in [-0.39, 0.29) is 12.1 Å². The monoisotopic (exact) mass is 280 g/mol. The van der Waals surface area contributed by atoms with Crippen molar-refractivity contribution in [3.05, 3.63) is 18.0 Å². The lowest BCUT2D eigenvalue weighted by atomic mass is 10.0. The topological polar surface area (TPSA) is 42.3 Å². The van der Waals surface area contributed by atoms with Gasteiger partial charge < -0.3 is 15.0 Å². The number of nitrogens with zero attached hydrogens (tertiary/aromatic N) is 3. The molecule has 5 heteroatoms. The third kappa shape index (κ3) is 4.04. The molecule has 0 radical (unpaired) electrons. The fourth-order valence-electron chi connectivity index (χ4n) is 2.67. The maximum atomic E-state index is 5.99. The van der Waals surface area contributed by atoms with Crippen LogP contribution in [-0.4, -0.2) is 54.1 Å². The second-order valence-corrected chi connectivity index (χ2v) is 5.64. The molecular weight excluding hydrogens is 252 g/mol. The van der Waals surface area contributed by atoms with E-state index in [1.807, 2.05) is 10.9 Å². The average Bonchev–Trinajstić information content (AvgIpc) is 2.88. The van der Waals surface area contributed by atoms with E-state index in [9.17, 15) is 0 Å². The van der Waals surface area contributed by atoms with Gasteiger partial charge in [0.2, 0.25) is 0 Å². The van der Waals surface area contributed by atoms with Crippen molar-refractivity contribution in [2.45, 2.75) is 45.4 Å². The summed E-state index contributed by atoms with van der Waals surface area (Å²) in [6, 6.07) is 0.239. The lowest BCUT2D eigenvalue weighted by Crippen LogP contribution is -2.46. The molecule has 1 aliphatic heterocycles. The van der Waals surface area contributed by atoms with Crippen molar-refractivity contribution in [3.8, 4) is 0 Å². The van der Waals surface area contributed by atoms with Crippen LogP contribution in [-0.2, 0) is 11.3 Å². The Kier molecular flexibility index (Phi) is 6.01. The van der Waals surface area contributed by atoms with Crippen molar-refractivity contribution in [2.75, 3.05) is 33.3 Å². The molecule has 1 aromatic heterocycles. The first-order valence-corrected chi connectivity index (χ1v) is 7.80. The SMILES string of the molecule is CCCNC(c1cnn(CCC)c1)C1CN(C)CCO1. The van der Waals surface area contributed by atoms with Crippen LogP contribution in [0.4, 0.5) is 0 Å². The average molecular weight is 280 g/mol. The van der Waals surface area contributed by atoms with E-state index in [1.165, 1.54) is 5.56 Å². The molecule has 2 atom stereocenters. The predicted octanol–water partition coefficient (Wildman–Crippen LogP) is 1.66. The third-order valence-corrected chi connectivity index (χ3v) is 3.75. The molecule has 0 saturated carbocycles. The van der Waals surface area contributed by atoms with Crippen LogP contribution in [0, 0.1) is 0 Å². The molecule has 1 N–H and O–H groups in total. The lowest BCUT2D eigenvalue weighted by Gasteiger charge is -2.35. The fourth-order valence-corrected chi connectivity index (χ4v) is 2.67. The Morgan fingerprint density at radius 2 is 2.30 bits per heavy atom. The number of nitrogens with one attached hydrogen (secondary N) is 1. The third-order valence-electron chi connectivity index (χ3n) is 3.75. The summed E-state index contributed by atoms with van der Waals surface area (Å²) in [6.45, 7) is 9.16. The lowest BCUT2D eigenvalue weighted by molar-refractivity contribution is -0.0392. The van der Waals surface area contributed by atoms with Gasteiger partial charge in [-0.1, -0.05) is 13.8 Å². The minimum absolute atomic E-state index is 0.208. The first-order chi connectivity index (χ1) is 9.74. The Labute approximate surface area is 122 Å². The molecule has 1 aliphatic rings. The molecule has 0 aliphatic carbocycles. The van der Waals surface area contributed by atoms with E-state index in [1.54, 1.807) is 0 Å². The predicted molar refractivity (Wildman–Crippen MR) is 80.8 cm³/mol. The summed E-state index contributed by atoms with van der Waals surface area (Å²) in [5.41, 5.74) is 1.24. The summed E-state index contributed by atoms with van der Waals surface area (Å²) in [5.74, 6) is 0. The molecule has 5 nitrogen and oxygen atoms in total. The molecule has 2 unspecified atom stereocenters. The fraction of sp³-hybridized carbons (Fsp3) is 0.800. The number of hydrogen-bond acceptors (Lipinski definition) is 4. The highest BCUT2D eigenvalue weighted by Crippen LogP contribution is 2.22. The van der Waals surface area contributed by atoms with E-state index in [4.69, 9.17) is 4.74 Å². The summed E-state index contributed by atoms with van der Waals surface area (Å²) in [4.78, 5) is 2.34. The molecule has 20 heavy (non-hydrogen) atoms. The van der Waals surface area contributed by atoms with Crippen LogP contribution >= 0.6 is 0 Å².